The number of aryl methyl sites for hydroxylation is 1. The van der Waals surface area contributed by atoms with E-state index in [4.69, 9.17) is 0 Å². The van der Waals surface area contributed by atoms with Crippen LogP contribution < -0.4 is 10.2 Å². The molecule has 186 valence electrons. The third-order valence-electron chi connectivity index (χ3n) is 6.15. The topological polar surface area (TPSA) is 93.0 Å². The van der Waals surface area contributed by atoms with Crippen molar-refractivity contribution < 1.29 is 9.59 Å². The summed E-state index contributed by atoms with van der Waals surface area (Å²) >= 11 is 0. The molecular formula is C28H32N6O2. The second kappa shape index (κ2) is 11.6. The van der Waals surface area contributed by atoms with Gasteiger partial charge in [0.1, 0.15) is 18.1 Å². The van der Waals surface area contributed by atoms with Crippen molar-refractivity contribution in [2.45, 2.75) is 46.2 Å². The number of hydrogen-bond donors (Lipinski definition) is 1. The van der Waals surface area contributed by atoms with E-state index in [1.807, 2.05) is 48.5 Å². The first-order chi connectivity index (χ1) is 17.5. The fourth-order valence-electron chi connectivity index (χ4n) is 4.11. The van der Waals surface area contributed by atoms with Crippen LogP contribution in [-0.4, -0.2) is 38.3 Å². The molecule has 2 aromatic carbocycles. The maximum absolute atomic E-state index is 14.0. The van der Waals surface area contributed by atoms with Crippen molar-refractivity contribution in [1.82, 2.24) is 25.3 Å². The number of para-hydroxylation sites is 1. The third kappa shape index (κ3) is 5.76. The smallest absolute Gasteiger partial charge is 0.249 e. The molecule has 0 aliphatic carbocycles. The molecule has 0 radical (unpaired) electrons. The zero-order chi connectivity index (χ0) is 25.5. The lowest BCUT2D eigenvalue weighted by atomic mass is 10.0. The second-order valence-corrected chi connectivity index (χ2v) is 9.18. The molecule has 2 heterocycles. The normalized spacial score (nSPS) is 12.0. The third-order valence-corrected chi connectivity index (χ3v) is 6.15. The molecule has 0 saturated heterocycles. The Labute approximate surface area is 211 Å². The van der Waals surface area contributed by atoms with E-state index < -0.39 is 6.04 Å². The van der Waals surface area contributed by atoms with E-state index in [0.717, 1.165) is 23.9 Å². The Morgan fingerprint density at radius 2 is 1.72 bits per heavy atom. The molecule has 36 heavy (non-hydrogen) atoms. The zero-order valence-electron chi connectivity index (χ0n) is 21.0. The predicted octanol–water partition coefficient (Wildman–Crippen LogP) is 4.33. The van der Waals surface area contributed by atoms with Crippen LogP contribution in [-0.2, 0) is 22.6 Å². The lowest BCUT2D eigenvalue weighted by Gasteiger charge is -2.31. The summed E-state index contributed by atoms with van der Waals surface area (Å²) in [5.41, 5.74) is 3.94. The van der Waals surface area contributed by atoms with E-state index in [2.05, 4.69) is 41.4 Å². The second-order valence-electron chi connectivity index (χ2n) is 9.18. The molecule has 2 amide bonds. The van der Waals surface area contributed by atoms with Gasteiger partial charge in [0.05, 0.1) is 5.52 Å². The van der Waals surface area contributed by atoms with E-state index in [0.29, 0.717) is 29.2 Å². The quantitative estimate of drug-likeness (QED) is 0.362. The van der Waals surface area contributed by atoms with Crippen LogP contribution >= 0.6 is 0 Å². The molecule has 1 atom stereocenters. The number of nitrogens with one attached hydrogen (secondary N) is 1. The minimum absolute atomic E-state index is 0.0586. The minimum atomic E-state index is -0.866. The van der Waals surface area contributed by atoms with E-state index in [1.54, 1.807) is 34.1 Å². The van der Waals surface area contributed by atoms with E-state index in [1.165, 1.54) is 0 Å². The monoisotopic (exact) mass is 484 g/mol. The van der Waals surface area contributed by atoms with Crippen LogP contribution in [0.5, 0.6) is 0 Å². The molecule has 4 aromatic rings. The van der Waals surface area contributed by atoms with Crippen LogP contribution in [0.3, 0.4) is 0 Å². The van der Waals surface area contributed by atoms with E-state index in [-0.39, 0.29) is 18.4 Å². The molecule has 8 nitrogen and oxygen atoms in total. The Bertz CT molecular complexity index is 1300. The number of nitrogens with zero attached hydrogens (tertiary/aromatic N) is 5. The molecule has 0 aliphatic heterocycles. The number of pyridine rings is 1. The number of amides is 2. The van der Waals surface area contributed by atoms with E-state index in [9.17, 15) is 9.59 Å². The number of carbonyl (C=O) groups is 2. The number of rotatable bonds is 10. The number of benzene rings is 2. The number of fused-ring (bicyclic) bond motifs is 1. The van der Waals surface area contributed by atoms with Crippen LogP contribution in [0.25, 0.3) is 11.0 Å². The van der Waals surface area contributed by atoms with Crippen molar-refractivity contribution in [3.8, 4) is 0 Å². The Kier molecular flexibility index (Phi) is 8.05. The molecule has 0 aliphatic rings. The van der Waals surface area contributed by atoms with Gasteiger partial charge in [0, 0.05) is 24.6 Å². The molecule has 0 spiro atoms. The van der Waals surface area contributed by atoms with Crippen molar-refractivity contribution in [3.05, 3.63) is 84.2 Å². The summed E-state index contributed by atoms with van der Waals surface area (Å²) in [4.78, 5) is 33.2. The maximum atomic E-state index is 14.0. The number of anilines is 1. The molecule has 0 bridgehead atoms. The highest BCUT2D eigenvalue weighted by atomic mass is 16.2. The number of carbonyl (C=O) groups excluding carboxylic acids is 2. The molecule has 4 rings (SSSR count). The Hall–Kier alpha value is -4.07. The Morgan fingerprint density at radius 1 is 1.00 bits per heavy atom. The van der Waals surface area contributed by atoms with Crippen molar-refractivity contribution in [2.24, 2.45) is 5.92 Å². The summed E-state index contributed by atoms with van der Waals surface area (Å²) in [7, 11) is 0. The highest BCUT2D eigenvalue weighted by Crippen LogP contribution is 2.29. The average molecular weight is 485 g/mol. The Balaban J connectivity index is 1.74. The van der Waals surface area contributed by atoms with Gasteiger partial charge >= 0.3 is 0 Å². The van der Waals surface area contributed by atoms with Crippen molar-refractivity contribution >= 4 is 28.5 Å². The standard InChI is InChI=1S/C28H32N6O2/c1-4-21-9-11-23(12-10-21)34(26(35)19-33-25-8-6-5-7-24(25)31-32-33)27(22-14-16-29-17-15-22)28(36)30-18-13-20(2)3/h5-12,14-17,20,27H,4,13,18-19H2,1-3H3,(H,30,36). The first-order valence-corrected chi connectivity index (χ1v) is 12.3. The van der Waals surface area contributed by atoms with Crippen LogP contribution in [0, 0.1) is 5.92 Å². The van der Waals surface area contributed by atoms with Gasteiger partial charge in [-0.05, 0) is 66.3 Å². The van der Waals surface area contributed by atoms with Gasteiger partial charge in [-0.2, -0.15) is 0 Å². The minimum Gasteiger partial charge on any atom is -0.354 e. The molecule has 0 saturated carbocycles. The first kappa shape index (κ1) is 25.0. The summed E-state index contributed by atoms with van der Waals surface area (Å²) in [6, 6.07) is 17.9. The lowest BCUT2D eigenvalue weighted by molar-refractivity contribution is -0.127. The molecule has 0 fully saturated rings. The molecule has 8 heteroatoms. The summed E-state index contributed by atoms with van der Waals surface area (Å²) in [5.74, 6) is -0.0569. The van der Waals surface area contributed by atoms with Gasteiger partial charge in [-0.1, -0.05) is 50.3 Å². The Morgan fingerprint density at radius 3 is 2.42 bits per heavy atom. The summed E-state index contributed by atoms with van der Waals surface area (Å²) in [6.07, 6.45) is 5.00. The summed E-state index contributed by atoms with van der Waals surface area (Å²) < 4.78 is 1.57. The molecule has 1 N–H and O–H groups in total. The summed E-state index contributed by atoms with van der Waals surface area (Å²) in [5, 5.41) is 11.4. The van der Waals surface area contributed by atoms with Gasteiger partial charge in [0.25, 0.3) is 0 Å². The summed E-state index contributed by atoms with van der Waals surface area (Å²) in [6.45, 7) is 6.77. The zero-order valence-corrected chi connectivity index (χ0v) is 21.0. The molecule has 1 unspecified atom stereocenters. The highest BCUT2D eigenvalue weighted by Gasteiger charge is 2.33. The van der Waals surface area contributed by atoms with Gasteiger partial charge in [0.15, 0.2) is 0 Å². The van der Waals surface area contributed by atoms with Crippen LogP contribution in [0.1, 0.15) is 44.4 Å². The van der Waals surface area contributed by atoms with E-state index >= 15 is 0 Å². The predicted molar refractivity (Wildman–Crippen MR) is 140 cm³/mol. The fraction of sp³-hybridized carbons (Fsp3) is 0.321. The van der Waals surface area contributed by atoms with Gasteiger partial charge < -0.3 is 5.32 Å². The van der Waals surface area contributed by atoms with Crippen molar-refractivity contribution in [3.63, 3.8) is 0 Å². The molecular weight excluding hydrogens is 452 g/mol. The SMILES string of the molecule is CCc1ccc(N(C(=O)Cn2nnc3ccccc32)C(C(=O)NCCC(C)C)c2ccncc2)cc1. The van der Waals surface area contributed by atoms with Crippen LogP contribution in [0.2, 0.25) is 0 Å². The van der Waals surface area contributed by atoms with Gasteiger partial charge in [-0.15, -0.1) is 5.10 Å². The van der Waals surface area contributed by atoms with Crippen molar-refractivity contribution in [1.29, 1.82) is 0 Å². The first-order valence-electron chi connectivity index (χ1n) is 12.3. The largest absolute Gasteiger partial charge is 0.354 e. The number of aromatic nitrogens is 4. The van der Waals surface area contributed by atoms with Crippen LogP contribution in [0.15, 0.2) is 73.1 Å². The van der Waals surface area contributed by atoms with Crippen molar-refractivity contribution in [2.75, 3.05) is 11.4 Å². The average Bonchev–Trinajstić information content (AvgIpc) is 3.30. The fourth-order valence-corrected chi connectivity index (χ4v) is 4.11. The highest BCUT2D eigenvalue weighted by molar-refractivity contribution is 6.01. The van der Waals surface area contributed by atoms with Gasteiger partial charge in [-0.25, -0.2) is 4.68 Å². The van der Waals surface area contributed by atoms with Crippen LogP contribution in [0.4, 0.5) is 5.69 Å². The van der Waals surface area contributed by atoms with Gasteiger partial charge in [-0.3, -0.25) is 19.5 Å². The molecule has 2 aromatic heterocycles. The maximum Gasteiger partial charge on any atom is 0.249 e. The van der Waals surface area contributed by atoms with Gasteiger partial charge in [0.2, 0.25) is 11.8 Å². The lowest BCUT2D eigenvalue weighted by Crippen LogP contribution is -2.45. The number of hydrogen-bond acceptors (Lipinski definition) is 5.